The van der Waals surface area contributed by atoms with E-state index < -0.39 is 10.2 Å². The van der Waals surface area contributed by atoms with Crippen LogP contribution in [0.2, 0.25) is 0 Å². The first-order chi connectivity index (χ1) is 14.8. The molecule has 1 unspecified atom stereocenters. The summed E-state index contributed by atoms with van der Waals surface area (Å²) in [5.41, 5.74) is 2.63. The summed E-state index contributed by atoms with van der Waals surface area (Å²) in [6, 6.07) is 1.83. The Hall–Kier alpha value is -2.99. The zero-order valence-corrected chi connectivity index (χ0v) is 18.1. The van der Waals surface area contributed by atoms with Crippen LogP contribution in [0.3, 0.4) is 0 Å². The van der Waals surface area contributed by atoms with Crippen molar-refractivity contribution in [3.05, 3.63) is 46.0 Å². The highest BCUT2D eigenvalue weighted by atomic mass is 32.2. The molecule has 0 aromatic carbocycles. The number of aryl methyl sites for hydroxylation is 2. The number of aromatic nitrogens is 5. The number of anilines is 1. The zero-order valence-electron chi connectivity index (χ0n) is 17.3. The number of rotatable bonds is 4. The van der Waals surface area contributed by atoms with Gasteiger partial charge in [-0.05, 0) is 36.8 Å². The van der Waals surface area contributed by atoms with E-state index in [2.05, 4.69) is 27.1 Å². The maximum atomic E-state index is 12.9. The molecule has 1 atom stereocenters. The predicted molar refractivity (Wildman–Crippen MR) is 111 cm³/mol. The van der Waals surface area contributed by atoms with Gasteiger partial charge in [0.1, 0.15) is 0 Å². The minimum Gasteiger partial charge on any atom is -0.338 e. The third kappa shape index (κ3) is 3.55. The van der Waals surface area contributed by atoms with Crippen molar-refractivity contribution in [2.24, 2.45) is 13.0 Å². The minimum absolute atomic E-state index is 0.0635. The average Bonchev–Trinajstić information content (AvgIpc) is 3.42. The Kier molecular flexibility index (Phi) is 4.70. The maximum Gasteiger partial charge on any atom is 0.304 e. The summed E-state index contributed by atoms with van der Waals surface area (Å²) in [6.07, 6.45) is 5.95. The molecule has 11 nitrogen and oxygen atoms in total. The topological polar surface area (TPSA) is 130 Å². The summed E-state index contributed by atoms with van der Waals surface area (Å²) in [7, 11) is -2.00. The smallest absolute Gasteiger partial charge is 0.304 e. The van der Waals surface area contributed by atoms with Crippen LogP contribution in [0.4, 0.5) is 5.69 Å². The molecule has 1 aliphatic heterocycles. The highest BCUT2D eigenvalue weighted by molar-refractivity contribution is 7.90. The number of aromatic amines is 1. The van der Waals surface area contributed by atoms with Gasteiger partial charge in [-0.15, -0.1) is 0 Å². The molecule has 4 heterocycles. The molecule has 0 spiro atoms. The van der Waals surface area contributed by atoms with Gasteiger partial charge in [-0.2, -0.15) is 22.8 Å². The molecule has 1 fully saturated rings. The molecule has 1 N–H and O–H groups in total. The number of nitrogens with zero attached hydrogens (tertiary/aromatic N) is 6. The molecular weight excluding hydrogens is 422 g/mol. The molecule has 0 saturated carbocycles. The first-order valence-corrected chi connectivity index (χ1v) is 11.6. The van der Waals surface area contributed by atoms with Gasteiger partial charge >= 0.3 is 10.2 Å². The van der Waals surface area contributed by atoms with Crippen LogP contribution in [0.1, 0.15) is 30.5 Å². The van der Waals surface area contributed by atoms with Crippen molar-refractivity contribution in [1.29, 1.82) is 0 Å². The van der Waals surface area contributed by atoms with Crippen molar-refractivity contribution in [3.8, 4) is 11.4 Å². The van der Waals surface area contributed by atoms with Crippen molar-refractivity contribution >= 4 is 15.9 Å². The van der Waals surface area contributed by atoms with Gasteiger partial charge < -0.3 is 9.51 Å². The molecule has 0 radical (unpaired) electrons. The normalized spacial score (nSPS) is 20.8. The second-order valence-electron chi connectivity index (χ2n) is 8.16. The van der Waals surface area contributed by atoms with Crippen LogP contribution in [0.25, 0.3) is 11.4 Å². The lowest BCUT2D eigenvalue weighted by Crippen LogP contribution is -2.32. The van der Waals surface area contributed by atoms with E-state index in [0.29, 0.717) is 23.7 Å². The van der Waals surface area contributed by atoms with Crippen LogP contribution in [0, 0.1) is 5.92 Å². The first-order valence-electron chi connectivity index (χ1n) is 10.2. The first kappa shape index (κ1) is 19.9. The van der Waals surface area contributed by atoms with Crippen LogP contribution in [0.15, 0.2) is 27.8 Å². The highest BCUT2D eigenvalue weighted by Crippen LogP contribution is 2.27. The number of hydrogen-bond donors (Lipinski definition) is 1. The van der Waals surface area contributed by atoms with Gasteiger partial charge in [-0.25, -0.2) is 0 Å². The molecule has 5 rings (SSSR count). The molecule has 1 aliphatic carbocycles. The van der Waals surface area contributed by atoms with E-state index in [1.54, 1.807) is 17.9 Å². The van der Waals surface area contributed by atoms with E-state index in [1.165, 1.54) is 14.8 Å². The van der Waals surface area contributed by atoms with E-state index in [9.17, 15) is 13.2 Å². The van der Waals surface area contributed by atoms with Gasteiger partial charge in [0.15, 0.2) is 0 Å². The standard InChI is InChI=1S/C19H23N7O4S/c1-12-3-4-16-13(7-12)8-15(19(27)21-16)18-22-17(30-23-18)11-25-5-6-26(31(25,28)29)14-9-20-24(2)10-14/h8-10,12H,3-7,11H2,1-2H3,(H,21,27). The van der Waals surface area contributed by atoms with Crippen LogP contribution < -0.4 is 9.86 Å². The van der Waals surface area contributed by atoms with Crippen LogP contribution in [-0.2, 0) is 36.6 Å². The van der Waals surface area contributed by atoms with Crippen LogP contribution >= 0.6 is 0 Å². The van der Waals surface area contributed by atoms with Gasteiger partial charge in [0.25, 0.3) is 5.56 Å². The van der Waals surface area contributed by atoms with Gasteiger partial charge in [0, 0.05) is 32.0 Å². The molecule has 31 heavy (non-hydrogen) atoms. The fourth-order valence-electron chi connectivity index (χ4n) is 4.16. The third-order valence-corrected chi connectivity index (χ3v) is 7.74. The van der Waals surface area contributed by atoms with E-state index >= 15 is 0 Å². The summed E-state index contributed by atoms with van der Waals surface area (Å²) >= 11 is 0. The molecule has 3 aromatic heterocycles. The number of hydrogen-bond acceptors (Lipinski definition) is 7. The lowest BCUT2D eigenvalue weighted by Gasteiger charge is -2.21. The van der Waals surface area contributed by atoms with Crippen LogP contribution in [0.5, 0.6) is 0 Å². The molecule has 0 bridgehead atoms. The van der Waals surface area contributed by atoms with Gasteiger partial charge in [0.05, 0.1) is 24.0 Å². The van der Waals surface area contributed by atoms with Crippen LogP contribution in [-0.4, -0.2) is 50.7 Å². The Morgan fingerprint density at radius 1 is 1.32 bits per heavy atom. The van der Waals surface area contributed by atoms with Gasteiger partial charge in [-0.3, -0.25) is 13.8 Å². The quantitative estimate of drug-likeness (QED) is 0.630. The van der Waals surface area contributed by atoms with E-state index in [4.69, 9.17) is 4.52 Å². The van der Waals surface area contributed by atoms with Crippen molar-refractivity contribution in [1.82, 2.24) is 29.2 Å². The lowest BCUT2D eigenvalue weighted by atomic mass is 9.87. The highest BCUT2D eigenvalue weighted by Gasteiger charge is 2.38. The average molecular weight is 446 g/mol. The number of pyridine rings is 1. The molecule has 2 aliphatic rings. The Balaban J connectivity index is 1.37. The van der Waals surface area contributed by atoms with Crippen molar-refractivity contribution in [2.45, 2.75) is 32.7 Å². The number of nitrogens with one attached hydrogen (secondary N) is 1. The summed E-state index contributed by atoms with van der Waals surface area (Å²) in [5, 5.41) is 7.97. The fourth-order valence-corrected chi connectivity index (χ4v) is 5.70. The summed E-state index contributed by atoms with van der Waals surface area (Å²) < 4.78 is 35.2. The van der Waals surface area contributed by atoms with E-state index in [0.717, 1.165) is 30.5 Å². The molecule has 12 heteroatoms. The van der Waals surface area contributed by atoms with Crippen molar-refractivity contribution in [2.75, 3.05) is 17.4 Å². The summed E-state index contributed by atoms with van der Waals surface area (Å²) in [6.45, 7) is 2.71. The summed E-state index contributed by atoms with van der Waals surface area (Å²) in [5.74, 6) is 0.852. The van der Waals surface area contributed by atoms with E-state index in [1.807, 2.05) is 6.07 Å². The van der Waals surface area contributed by atoms with Crippen molar-refractivity contribution in [3.63, 3.8) is 0 Å². The second-order valence-corrected chi connectivity index (χ2v) is 10.0. The predicted octanol–water partition coefficient (Wildman–Crippen LogP) is 0.850. The SMILES string of the molecule is CC1CCc2[nH]c(=O)c(-c3noc(CN4CCN(c5cnn(C)c5)S4(=O)=O)n3)cc2C1. The maximum absolute atomic E-state index is 12.9. The van der Waals surface area contributed by atoms with Crippen molar-refractivity contribution < 1.29 is 12.9 Å². The monoisotopic (exact) mass is 445 g/mol. The van der Waals surface area contributed by atoms with Gasteiger partial charge in [-0.1, -0.05) is 12.1 Å². The Morgan fingerprint density at radius 2 is 2.16 bits per heavy atom. The molecule has 3 aromatic rings. The molecular formula is C19H23N7O4S. The summed E-state index contributed by atoms with van der Waals surface area (Å²) in [4.78, 5) is 19.8. The lowest BCUT2D eigenvalue weighted by molar-refractivity contribution is 0.328. The Labute approximate surface area is 178 Å². The van der Waals surface area contributed by atoms with E-state index in [-0.39, 0.29) is 30.4 Å². The zero-order chi connectivity index (χ0) is 21.8. The molecule has 164 valence electrons. The molecule has 0 amide bonds. The largest absolute Gasteiger partial charge is 0.338 e. The number of fused-ring (bicyclic) bond motifs is 1. The fraction of sp³-hybridized carbons (Fsp3) is 0.474. The molecule has 1 saturated heterocycles. The Morgan fingerprint density at radius 3 is 2.94 bits per heavy atom. The number of H-pyrrole nitrogens is 1. The third-order valence-electron chi connectivity index (χ3n) is 5.83. The van der Waals surface area contributed by atoms with Gasteiger partial charge in [0.2, 0.25) is 11.7 Å². The second kappa shape index (κ2) is 7.31. The minimum atomic E-state index is -3.73. The Bertz CT molecular complexity index is 1290.